The van der Waals surface area contributed by atoms with Gasteiger partial charge in [-0.25, -0.2) is 0 Å². The summed E-state index contributed by atoms with van der Waals surface area (Å²) in [7, 11) is 0. The zero-order chi connectivity index (χ0) is 15.1. The number of nitro groups is 1. The number of non-ortho nitro benzene ring substituents is 1. The molecule has 0 radical (unpaired) electrons. The molecule has 1 aromatic rings. The molecule has 1 atom stereocenters. The first-order valence-electron chi connectivity index (χ1n) is 5.94. The number of amides is 2. The van der Waals surface area contributed by atoms with Crippen LogP contribution in [0.15, 0.2) is 24.3 Å². The van der Waals surface area contributed by atoms with Gasteiger partial charge in [0.05, 0.1) is 24.1 Å². The highest BCUT2D eigenvalue weighted by molar-refractivity contribution is 5.85. The van der Waals surface area contributed by atoms with Crippen molar-refractivity contribution in [3.63, 3.8) is 0 Å². The number of carbonyl (C=O) groups is 2. The van der Waals surface area contributed by atoms with Gasteiger partial charge in [0, 0.05) is 12.1 Å². The van der Waals surface area contributed by atoms with Crippen molar-refractivity contribution in [1.29, 1.82) is 0 Å². The van der Waals surface area contributed by atoms with Crippen molar-refractivity contribution in [1.82, 2.24) is 10.6 Å². The summed E-state index contributed by atoms with van der Waals surface area (Å²) in [5, 5.41) is 15.6. The van der Waals surface area contributed by atoms with E-state index in [9.17, 15) is 19.7 Å². The second-order valence-electron chi connectivity index (χ2n) is 4.12. The Bertz CT molecular complexity index is 518. The first kappa shape index (κ1) is 15.6. The molecule has 1 rings (SSSR count). The fourth-order valence-corrected chi connectivity index (χ4v) is 1.53. The van der Waals surface area contributed by atoms with E-state index < -0.39 is 22.8 Å². The molecule has 1 unspecified atom stereocenters. The van der Waals surface area contributed by atoms with E-state index in [0.29, 0.717) is 5.56 Å². The molecular weight excluding hydrogens is 264 g/mol. The number of nitrogens with two attached hydrogens (primary N) is 1. The van der Waals surface area contributed by atoms with Crippen LogP contribution in [0.3, 0.4) is 0 Å². The summed E-state index contributed by atoms with van der Waals surface area (Å²) >= 11 is 0. The quantitative estimate of drug-likeness (QED) is 0.493. The maximum Gasteiger partial charge on any atom is 0.269 e. The van der Waals surface area contributed by atoms with Crippen molar-refractivity contribution in [3.8, 4) is 0 Å². The van der Waals surface area contributed by atoms with Crippen LogP contribution in [-0.2, 0) is 9.59 Å². The lowest BCUT2D eigenvalue weighted by molar-refractivity contribution is -0.384. The average molecular weight is 280 g/mol. The van der Waals surface area contributed by atoms with Crippen molar-refractivity contribution < 1.29 is 14.5 Å². The van der Waals surface area contributed by atoms with Crippen LogP contribution in [-0.4, -0.2) is 29.8 Å². The highest BCUT2D eigenvalue weighted by atomic mass is 16.6. The molecule has 0 bridgehead atoms. The molecule has 4 N–H and O–H groups in total. The minimum absolute atomic E-state index is 0.0416. The molecule has 20 heavy (non-hydrogen) atoms. The molecule has 0 aliphatic heterocycles. The second kappa shape index (κ2) is 7.19. The average Bonchev–Trinajstić information content (AvgIpc) is 2.44. The first-order valence-corrected chi connectivity index (χ1v) is 5.94. The van der Waals surface area contributed by atoms with E-state index in [-0.39, 0.29) is 18.8 Å². The third-order valence-electron chi connectivity index (χ3n) is 2.59. The number of rotatable bonds is 6. The van der Waals surface area contributed by atoms with Gasteiger partial charge in [0.2, 0.25) is 11.8 Å². The number of nitro benzene ring substituents is 1. The fourth-order valence-electron chi connectivity index (χ4n) is 1.53. The smallest absolute Gasteiger partial charge is 0.269 e. The summed E-state index contributed by atoms with van der Waals surface area (Å²) in [6.07, 6.45) is 0. The SMILES string of the molecule is CC(NC(=O)CNC(=O)CN)c1cccc([N+](=O)[O-])c1. The monoisotopic (exact) mass is 280 g/mol. The molecule has 2 amide bonds. The number of hydrogen-bond acceptors (Lipinski definition) is 5. The van der Waals surface area contributed by atoms with Crippen molar-refractivity contribution in [2.75, 3.05) is 13.1 Å². The molecule has 0 fully saturated rings. The molecule has 108 valence electrons. The Balaban J connectivity index is 2.60. The summed E-state index contributed by atoms with van der Waals surface area (Å²) < 4.78 is 0. The predicted molar refractivity (Wildman–Crippen MR) is 71.7 cm³/mol. The van der Waals surface area contributed by atoms with Crippen molar-refractivity contribution in [2.24, 2.45) is 5.73 Å². The Labute approximate surface area is 115 Å². The number of nitrogens with zero attached hydrogens (tertiary/aromatic N) is 1. The molecule has 0 aliphatic rings. The lowest BCUT2D eigenvalue weighted by atomic mass is 10.1. The Morgan fingerprint density at radius 2 is 2.10 bits per heavy atom. The molecule has 1 aromatic carbocycles. The van der Waals surface area contributed by atoms with Gasteiger partial charge in [0.15, 0.2) is 0 Å². The zero-order valence-corrected chi connectivity index (χ0v) is 11.0. The summed E-state index contributed by atoms with van der Waals surface area (Å²) in [6.45, 7) is 1.32. The van der Waals surface area contributed by atoms with Crippen LogP contribution < -0.4 is 16.4 Å². The molecule has 8 heteroatoms. The fraction of sp³-hybridized carbons (Fsp3) is 0.333. The van der Waals surface area contributed by atoms with E-state index in [0.717, 1.165) is 0 Å². The summed E-state index contributed by atoms with van der Waals surface area (Å²) in [5.41, 5.74) is 5.66. The van der Waals surface area contributed by atoms with Crippen LogP contribution in [0, 0.1) is 10.1 Å². The predicted octanol–water partition coefficient (Wildman–Crippen LogP) is -0.153. The van der Waals surface area contributed by atoms with E-state index in [2.05, 4.69) is 10.6 Å². The van der Waals surface area contributed by atoms with E-state index in [4.69, 9.17) is 5.73 Å². The Morgan fingerprint density at radius 3 is 2.70 bits per heavy atom. The van der Waals surface area contributed by atoms with Gasteiger partial charge in [0.25, 0.3) is 5.69 Å². The summed E-state index contributed by atoms with van der Waals surface area (Å²) in [4.78, 5) is 32.6. The van der Waals surface area contributed by atoms with Crippen LogP contribution >= 0.6 is 0 Å². The summed E-state index contributed by atoms with van der Waals surface area (Å²) in [5.74, 6) is -0.825. The number of hydrogen-bond donors (Lipinski definition) is 3. The van der Waals surface area contributed by atoms with Gasteiger partial charge in [0.1, 0.15) is 0 Å². The third-order valence-corrected chi connectivity index (χ3v) is 2.59. The second-order valence-corrected chi connectivity index (χ2v) is 4.12. The maximum atomic E-state index is 11.6. The van der Waals surface area contributed by atoms with Gasteiger partial charge in [-0.15, -0.1) is 0 Å². The number of benzene rings is 1. The molecule has 0 aliphatic carbocycles. The standard InChI is InChI=1S/C12H16N4O4/c1-8(15-12(18)7-14-11(17)6-13)9-3-2-4-10(5-9)16(19)20/h2-5,8H,6-7,13H2,1H3,(H,14,17)(H,15,18). The van der Waals surface area contributed by atoms with E-state index in [1.807, 2.05) is 0 Å². The van der Waals surface area contributed by atoms with Gasteiger partial charge in [-0.05, 0) is 12.5 Å². The minimum atomic E-state index is -0.500. The lowest BCUT2D eigenvalue weighted by Gasteiger charge is -2.14. The topological polar surface area (TPSA) is 127 Å². The van der Waals surface area contributed by atoms with Gasteiger partial charge < -0.3 is 16.4 Å². The van der Waals surface area contributed by atoms with Crippen LogP contribution in [0.5, 0.6) is 0 Å². The molecule has 0 spiro atoms. The lowest BCUT2D eigenvalue weighted by Crippen LogP contribution is -2.40. The van der Waals surface area contributed by atoms with E-state index in [1.165, 1.54) is 12.1 Å². The molecule has 0 aromatic heterocycles. The highest BCUT2D eigenvalue weighted by Crippen LogP contribution is 2.18. The van der Waals surface area contributed by atoms with Crippen LogP contribution in [0.25, 0.3) is 0 Å². The van der Waals surface area contributed by atoms with Crippen LogP contribution in [0.2, 0.25) is 0 Å². The van der Waals surface area contributed by atoms with Crippen molar-refractivity contribution in [2.45, 2.75) is 13.0 Å². The van der Waals surface area contributed by atoms with Gasteiger partial charge in [-0.1, -0.05) is 12.1 Å². The minimum Gasteiger partial charge on any atom is -0.348 e. The summed E-state index contributed by atoms with van der Waals surface area (Å²) in [6, 6.07) is 5.59. The van der Waals surface area contributed by atoms with E-state index in [1.54, 1.807) is 19.1 Å². The normalized spacial score (nSPS) is 11.5. The highest BCUT2D eigenvalue weighted by Gasteiger charge is 2.13. The van der Waals surface area contributed by atoms with Crippen LogP contribution in [0.4, 0.5) is 5.69 Å². The number of nitrogens with one attached hydrogen (secondary N) is 2. The molecule has 0 heterocycles. The molecule has 0 saturated heterocycles. The molecule has 0 saturated carbocycles. The Hall–Kier alpha value is -2.48. The maximum absolute atomic E-state index is 11.6. The van der Waals surface area contributed by atoms with Crippen LogP contribution in [0.1, 0.15) is 18.5 Å². The van der Waals surface area contributed by atoms with E-state index >= 15 is 0 Å². The van der Waals surface area contributed by atoms with Crippen molar-refractivity contribution >= 4 is 17.5 Å². The molecule has 8 nitrogen and oxygen atoms in total. The largest absolute Gasteiger partial charge is 0.348 e. The third kappa shape index (κ3) is 4.65. The van der Waals surface area contributed by atoms with Gasteiger partial charge >= 0.3 is 0 Å². The number of carbonyl (C=O) groups excluding carboxylic acids is 2. The van der Waals surface area contributed by atoms with Crippen molar-refractivity contribution in [3.05, 3.63) is 39.9 Å². The zero-order valence-electron chi connectivity index (χ0n) is 11.0. The Kier molecular flexibility index (Phi) is 5.60. The van der Waals surface area contributed by atoms with Gasteiger partial charge in [-0.2, -0.15) is 0 Å². The molecular formula is C12H16N4O4. The first-order chi connectivity index (χ1) is 9.43. The van der Waals surface area contributed by atoms with Gasteiger partial charge in [-0.3, -0.25) is 19.7 Å². The Morgan fingerprint density at radius 1 is 1.40 bits per heavy atom.